The van der Waals surface area contributed by atoms with E-state index in [0.29, 0.717) is 0 Å². The highest BCUT2D eigenvalue weighted by molar-refractivity contribution is 5.87. The molecule has 52 nitrogen and oxygen atoms in total. The summed E-state index contributed by atoms with van der Waals surface area (Å²) >= 11 is 0. The van der Waals surface area contributed by atoms with Crippen molar-refractivity contribution in [3.8, 4) is 0 Å². The summed E-state index contributed by atoms with van der Waals surface area (Å²) in [6, 6.07) is 0. The Morgan fingerprint density at radius 2 is 0.752 bits per heavy atom. The number of aromatic nitrogens is 12. The number of ether oxygens (including phenoxy) is 4. The first kappa shape index (κ1) is 88.6. The second-order valence-corrected chi connectivity index (χ2v) is 20.6. The minimum atomic E-state index is -2.80. The molecule has 0 spiro atoms. The zero-order valence-electron chi connectivity index (χ0n) is 52.2. The molecule has 1 unspecified atom stereocenters. The minimum Gasteiger partial charge on any atom is -0.550 e. The number of hydrogen-bond donors (Lipinski definition) is 24. The zero-order chi connectivity index (χ0) is 77.5. The number of aromatic amines is 4. The molecule has 0 radical (unpaired) electrons. The van der Waals surface area contributed by atoms with Crippen LogP contribution in [0.15, 0.2) is 44.5 Å². The monoisotopic (exact) mass is 1460 g/mol. The van der Waals surface area contributed by atoms with Crippen LogP contribution in [0.4, 0.5) is 23.8 Å². The highest BCUT2D eigenvalue weighted by Crippen LogP contribution is 2.26. The number of nitrogens with zero attached hydrogens (tertiary/aromatic N) is 8. The predicted molar refractivity (Wildman–Crippen MR) is 302 cm³/mol. The summed E-state index contributed by atoms with van der Waals surface area (Å²) in [6.45, 7) is -0.0382. The van der Waals surface area contributed by atoms with Gasteiger partial charge in [-0.25, -0.2) is 28.8 Å². The Balaban J connectivity index is 0.000000587. The van der Waals surface area contributed by atoms with Gasteiger partial charge in [0.15, 0.2) is 36.6 Å². The number of carbonyl (C=O) groups excluding carboxylic acids is 4. The third-order valence-corrected chi connectivity index (χ3v) is 12.9. The van der Waals surface area contributed by atoms with Crippen molar-refractivity contribution in [2.75, 3.05) is 49.4 Å². The number of rotatable bonds is 20. The van der Waals surface area contributed by atoms with E-state index in [2.05, 4.69) is 39.9 Å². The van der Waals surface area contributed by atoms with Crippen LogP contribution in [0.1, 0.15) is 83.2 Å². The molecule has 0 aliphatic carbocycles. The number of H-pyrrole nitrogens is 4. The fourth-order valence-corrected chi connectivity index (χ4v) is 7.73. The number of aliphatic hydroxyl groups excluding tert-OH is 11. The fourth-order valence-electron chi connectivity index (χ4n) is 7.73. The van der Waals surface area contributed by atoms with Crippen molar-refractivity contribution in [2.24, 2.45) is 0 Å². The molecule has 4 aromatic heterocycles. The van der Waals surface area contributed by atoms with E-state index in [4.69, 9.17) is 103 Å². The van der Waals surface area contributed by atoms with Crippen LogP contribution >= 0.6 is 0 Å². The van der Waals surface area contributed by atoms with Crippen LogP contribution in [0.5, 0.6) is 0 Å². The molecule has 8 heterocycles. The van der Waals surface area contributed by atoms with Crippen LogP contribution in [0, 0.1) is 0 Å². The van der Waals surface area contributed by atoms with Gasteiger partial charge in [0.1, 0.15) is 30.5 Å². The first-order chi connectivity index (χ1) is 47.0. The molecule has 101 heavy (non-hydrogen) atoms. The molecule has 0 aromatic carbocycles. The van der Waals surface area contributed by atoms with Crippen molar-refractivity contribution in [1.29, 1.82) is 0 Å². The van der Waals surface area contributed by atoms with Crippen molar-refractivity contribution >= 4 is 71.5 Å². The molecule has 4 saturated heterocycles. The van der Waals surface area contributed by atoms with Crippen LogP contribution in [-0.2, 0) is 57.3 Å². The average Bonchev–Trinajstić information content (AvgIpc) is 1.76. The number of nitrogens with one attached hydrogen (secondary N) is 4. The zero-order valence-corrected chi connectivity index (χ0v) is 52.2. The molecule has 0 saturated carbocycles. The summed E-state index contributed by atoms with van der Waals surface area (Å²) in [5.41, 5.74) is 16.5. The van der Waals surface area contributed by atoms with Crippen molar-refractivity contribution < 1.29 is 178 Å². The summed E-state index contributed by atoms with van der Waals surface area (Å²) in [7, 11) is 0. The second kappa shape index (κ2) is 42.5. The first-order valence-electron chi connectivity index (χ1n) is 28.3. The van der Waals surface area contributed by atoms with Crippen molar-refractivity contribution in [3.63, 3.8) is 0 Å². The Kier molecular flexibility index (Phi) is 37.3. The molecule has 566 valence electrons. The number of nitrogen functional groups attached to an aromatic ring is 4. The Morgan fingerprint density at radius 3 is 0.891 bits per heavy atom. The van der Waals surface area contributed by atoms with Gasteiger partial charge in [-0.2, -0.15) is 38.2 Å². The number of anilines is 4. The molecule has 28 N–H and O–H groups in total. The molecular weight excluding hydrogens is 1390 g/mol. The molecule has 16 atom stereocenters. The number of aliphatic carboxylic acids is 8. The van der Waals surface area contributed by atoms with Crippen molar-refractivity contribution in [1.82, 2.24) is 39.9 Å². The Hall–Kier alpha value is -10.4. The van der Waals surface area contributed by atoms with E-state index in [1.807, 2.05) is 0 Å². The second-order valence-electron chi connectivity index (χ2n) is 20.6. The summed E-state index contributed by atoms with van der Waals surface area (Å²) in [5.74, 6) is -13.0. The van der Waals surface area contributed by atoms with Gasteiger partial charge in [-0.3, -0.25) is 9.59 Å². The first-order valence-corrected chi connectivity index (χ1v) is 28.3. The van der Waals surface area contributed by atoms with Gasteiger partial charge in [0.25, 0.3) is 0 Å². The number of carboxylic acids is 8. The normalized spacial score (nSPS) is 23.6. The van der Waals surface area contributed by atoms with Gasteiger partial charge in [-0.1, -0.05) is 19.9 Å². The Bertz CT molecular complexity index is 3240. The van der Waals surface area contributed by atoms with Gasteiger partial charge in [-0.05, 0) is 13.3 Å². The molecular formula is C49H74N16O36. The van der Waals surface area contributed by atoms with Crippen LogP contribution in [-0.4, -0.2) is 269 Å². The Labute approximate surface area is 560 Å². The maximum Gasteiger partial charge on any atom is 0.446 e. The number of aliphatic hydroxyl groups is 12. The topological polar surface area (TPSA) is 892 Å². The third kappa shape index (κ3) is 30.3. The summed E-state index contributed by atoms with van der Waals surface area (Å²) in [5, 5.41) is 178. The van der Waals surface area contributed by atoms with Gasteiger partial charge >= 0.3 is 70.4 Å². The smallest absolute Gasteiger partial charge is 0.446 e. The largest absolute Gasteiger partial charge is 0.550 e. The lowest BCUT2D eigenvalue weighted by Gasteiger charge is -2.21. The van der Waals surface area contributed by atoms with E-state index < -0.39 is 187 Å². The summed E-state index contributed by atoms with van der Waals surface area (Å²) in [6.07, 6.45) is -11.8. The SMILES string of the molecule is C[C@H](O)C(=O)[O-].Nc1nc[n+]([C@H]2C[C@@H](O)[C@@H](CO)O2)c(=O)[nH]1.Nc1nc[n+]([C@H]2C[C@@H](O)[C@@H](CO)O2)c(=O)[nH]1.Nc1nc[n+]([C@H]2C[C@@H](O)[C@@H](CO)O2)c(=O)[nH]1.Nc1nc[n+]([C@H]2C[C@@H](O)[C@@H](CO)O2)c(=O)[nH]1.O=C([O-])CC(O)(CC(=O)O)C(=O)O.O=C([O-])CCC(=O)O.O=C([O-])[C@@H](O)[C@H](O)C(=O)O. The quantitative estimate of drug-likeness (QED) is 0.0365. The van der Waals surface area contributed by atoms with E-state index in [-0.39, 0.29) is 82.3 Å². The number of hydrogen-bond acceptors (Lipinski definition) is 40. The molecule has 4 aliphatic rings. The van der Waals surface area contributed by atoms with Crippen LogP contribution in [0.25, 0.3) is 0 Å². The van der Waals surface area contributed by atoms with Gasteiger partial charge in [0.2, 0.25) is 25.3 Å². The molecule has 4 fully saturated rings. The number of carboxylic acid groups (broad SMARTS) is 8. The fraction of sp³-hybridized carbons (Fsp3) is 0.592. The van der Waals surface area contributed by atoms with E-state index in [0.717, 1.165) is 6.92 Å². The Morgan fingerprint density at radius 1 is 0.485 bits per heavy atom. The van der Waals surface area contributed by atoms with E-state index >= 15 is 0 Å². The number of carbonyl (C=O) groups is 8. The molecule has 4 aromatic rings. The summed E-state index contributed by atoms with van der Waals surface area (Å²) < 4.78 is 25.9. The maximum atomic E-state index is 11.5. The van der Waals surface area contributed by atoms with Gasteiger partial charge < -0.3 is 163 Å². The number of nitrogens with two attached hydrogens (primary N) is 4. The predicted octanol–water partition coefficient (Wildman–Crippen LogP) is -20.2. The van der Waals surface area contributed by atoms with Crippen LogP contribution in [0.3, 0.4) is 0 Å². The average molecular weight is 1460 g/mol. The van der Waals surface area contributed by atoms with Gasteiger partial charge in [0, 0.05) is 44.0 Å². The van der Waals surface area contributed by atoms with E-state index in [1.165, 1.54) is 43.6 Å². The molecule has 0 amide bonds. The lowest BCUT2D eigenvalue weighted by molar-refractivity contribution is -0.776. The lowest BCUT2D eigenvalue weighted by atomic mass is 9.96. The molecule has 4 aliphatic heterocycles. The highest BCUT2D eigenvalue weighted by atomic mass is 16.6. The van der Waals surface area contributed by atoms with E-state index in [1.54, 1.807) is 0 Å². The standard InChI is InChI=1S/4C8H12N4O4.C6H8O7.C4H6O6.C4H6O4.C3H6O3/c4*9-7-10-3-12(8(15)11-7)6-1-4(14)5(2-13)16-6;7-3(8)1-6(13,5(11)12)2-4(9)10;5-1(3(7)8)2(6)4(9)10;5-3(6)1-2-4(7)8;1-2(4)3(5)6/h4*3-6,13-14H,1-2H2,(H2,9,11,15);13H,1-2H2,(H,7,8)(H,9,10)(H,11,12);1-2,5-6H,(H,7,8)(H,9,10);1-2H2,(H,5,6)(H,7,8);2,4H,1H3,(H,5,6)/t4*4-,5-,6-;;1-,2-;;2-/m1111.0.0/s1. The third-order valence-electron chi connectivity index (χ3n) is 12.9. The molecule has 0 bridgehead atoms. The van der Waals surface area contributed by atoms with Gasteiger partial charge in [0.05, 0.1) is 81.7 Å². The van der Waals surface area contributed by atoms with Crippen molar-refractivity contribution in [3.05, 3.63) is 67.2 Å². The highest BCUT2D eigenvalue weighted by Gasteiger charge is 2.42. The van der Waals surface area contributed by atoms with Crippen LogP contribution in [0.2, 0.25) is 0 Å². The van der Waals surface area contributed by atoms with Gasteiger partial charge in [-0.15, -0.1) is 0 Å². The molecule has 8 rings (SSSR count). The van der Waals surface area contributed by atoms with Crippen LogP contribution < -0.4 is 84.4 Å². The van der Waals surface area contributed by atoms with E-state index in [9.17, 15) is 98.4 Å². The maximum absolute atomic E-state index is 11.5. The minimum absolute atomic E-state index is 0.0125. The lowest BCUT2D eigenvalue weighted by Crippen LogP contribution is -2.55. The van der Waals surface area contributed by atoms with Crippen molar-refractivity contribution in [2.45, 2.75) is 156 Å². The molecule has 52 heteroatoms. The summed E-state index contributed by atoms with van der Waals surface area (Å²) in [4.78, 5) is 148.